The van der Waals surface area contributed by atoms with E-state index >= 15 is 0 Å². The zero-order chi connectivity index (χ0) is 14.9. The van der Waals surface area contributed by atoms with Gasteiger partial charge in [-0.1, -0.05) is 12.1 Å². The van der Waals surface area contributed by atoms with E-state index in [2.05, 4.69) is 4.90 Å². The van der Waals surface area contributed by atoms with Gasteiger partial charge in [-0.2, -0.15) is 0 Å². The normalized spacial score (nSPS) is 16.9. The molecule has 1 aromatic carbocycles. The van der Waals surface area contributed by atoms with Crippen LogP contribution in [-0.4, -0.2) is 44.3 Å². The molecule has 0 atom stereocenters. The highest BCUT2D eigenvalue weighted by Crippen LogP contribution is 2.26. The van der Waals surface area contributed by atoms with Crippen LogP contribution in [0.4, 0.5) is 0 Å². The van der Waals surface area contributed by atoms with Crippen molar-refractivity contribution in [2.45, 2.75) is 26.2 Å². The Morgan fingerprint density at radius 1 is 1.14 bits per heavy atom. The average Bonchev–Trinajstić information content (AvgIpc) is 2.51. The number of nitrogens with zero attached hydrogens (tertiary/aromatic N) is 1. The number of ether oxygens (including phenoxy) is 2. The van der Waals surface area contributed by atoms with Gasteiger partial charge in [0.15, 0.2) is 11.5 Å². The third-order valence-electron chi connectivity index (χ3n) is 4.10. The molecule has 0 amide bonds. The van der Waals surface area contributed by atoms with Crippen LogP contribution in [0.5, 0.6) is 11.5 Å². The summed E-state index contributed by atoms with van der Waals surface area (Å²) in [6, 6.07) is 7.88. The summed E-state index contributed by atoms with van der Waals surface area (Å²) in [6.07, 6.45) is 3.71. The lowest BCUT2D eigenvalue weighted by Gasteiger charge is -2.31. The van der Waals surface area contributed by atoms with E-state index in [4.69, 9.17) is 15.2 Å². The molecular weight excluding hydrogens is 264 g/mol. The number of likely N-dealkylation sites (tertiary alicyclic amines) is 1. The summed E-state index contributed by atoms with van der Waals surface area (Å²) in [5.74, 6) is 2.50. The van der Waals surface area contributed by atoms with Crippen LogP contribution >= 0.6 is 0 Å². The molecule has 2 N–H and O–H groups in total. The smallest absolute Gasteiger partial charge is 0.161 e. The third-order valence-corrected chi connectivity index (χ3v) is 4.10. The van der Waals surface area contributed by atoms with Gasteiger partial charge in [-0.25, -0.2) is 0 Å². The van der Waals surface area contributed by atoms with Crippen LogP contribution in [0.15, 0.2) is 24.3 Å². The van der Waals surface area contributed by atoms with E-state index in [0.29, 0.717) is 13.2 Å². The molecule has 1 fully saturated rings. The van der Waals surface area contributed by atoms with Crippen molar-refractivity contribution in [3.8, 4) is 11.5 Å². The first-order valence-corrected chi connectivity index (χ1v) is 8.10. The predicted molar refractivity (Wildman–Crippen MR) is 85.9 cm³/mol. The first-order chi connectivity index (χ1) is 10.3. The Morgan fingerprint density at radius 3 is 2.43 bits per heavy atom. The maximum Gasteiger partial charge on any atom is 0.161 e. The fourth-order valence-electron chi connectivity index (χ4n) is 2.86. The molecule has 2 rings (SSSR count). The molecule has 4 nitrogen and oxygen atoms in total. The van der Waals surface area contributed by atoms with Crippen LogP contribution in [0.2, 0.25) is 0 Å². The molecule has 118 valence electrons. The molecular formula is C17H28N2O2. The highest BCUT2D eigenvalue weighted by Gasteiger charge is 2.18. The fourth-order valence-corrected chi connectivity index (χ4v) is 2.86. The molecule has 0 aliphatic carbocycles. The minimum Gasteiger partial charge on any atom is -0.490 e. The van der Waals surface area contributed by atoms with Crippen molar-refractivity contribution in [1.82, 2.24) is 4.90 Å². The number of rotatable bonds is 8. The molecule has 1 saturated heterocycles. The zero-order valence-electron chi connectivity index (χ0n) is 13.1. The third kappa shape index (κ3) is 5.21. The second kappa shape index (κ2) is 8.90. The summed E-state index contributed by atoms with van der Waals surface area (Å²) in [6.45, 7) is 7.50. The molecule has 1 heterocycles. The summed E-state index contributed by atoms with van der Waals surface area (Å²) in [5.41, 5.74) is 5.63. The molecule has 0 saturated carbocycles. The van der Waals surface area contributed by atoms with Crippen molar-refractivity contribution >= 4 is 0 Å². The summed E-state index contributed by atoms with van der Waals surface area (Å²) < 4.78 is 11.5. The highest BCUT2D eigenvalue weighted by molar-refractivity contribution is 5.39. The topological polar surface area (TPSA) is 47.7 Å². The first-order valence-electron chi connectivity index (χ1n) is 8.10. The zero-order valence-corrected chi connectivity index (χ0v) is 13.1. The molecule has 1 aliphatic heterocycles. The maximum atomic E-state index is 5.88. The molecule has 0 unspecified atom stereocenters. The van der Waals surface area contributed by atoms with Crippen molar-refractivity contribution in [2.24, 2.45) is 11.7 Å². The number of hydrogen-bond donors (Lipinski definition) is 1. The average molecular weight is 292 g/mol. The van der Waals surface area contributed by atoms with Crippen LogP contribution < -0.4 is 15.2 Å². The number of para-hydroxylation sites is 2. The molecule has 0 radical (unpaired) electrons. The molecule has 1 aliphatic rings. The lowest BCUT2D eigenvalue weighted by atomic mass is 9.94. The van der Waals surface area contributed by atoms with Crippen molar-refractivity contribution in [3.05, 3.63) is 24.3 Å². The van der Waals surface area contributed by atoms with Crippen LogP contribution in [0, 0.1) is 5.92 Å². The quantitative estimate of drug-likeness (QED) is 0.800. The second-order valence-corrected chi connectivity index (χ2v) is 5.59. The van der Waals surface area contributed by atoms with E-state index in [1.54, 1.807) is 0 Å². The van der Waals surface area contributed by atoms with Gasteiger partial charge in [0.1, 0.15) is 6.61 Å². The van der Waals surface area contributed by atoms with Crippen LogP contribution in [-0.2, 0) is 0 Å². The van der Waals surface area contributed by atoms with E-state index < -0.39 is 0 Å². The summed E-state index contributed by atoms with van der Waals surface area (Å²) in [7, 11) is 0. The van der Waals surface area contributed by atoms with Gasteiger partial charge in [0, 0.05) is 6.54 Å². The summed E-state index contributed by atoms with van der Waals surface area (Å²) in [5, 5.41) is 0. The summed E-state index contributed by atoms with van der Waals surface area (Å²) in [4.78, 5) is 2.48. The minimum absolute atomic E-state index is 0.662. The highest BCUT2D eigenvalue weighted by atomic mass is 16.5. The number of benzene rings is 1. The standard InChI is InChI=1S/C17H28N2O2/c1-2-20-16-5-3-4-6-17(16)21-14-13-19-11-8-15(7-10-18)9-12-19/h3-6,15H,2,7-14,18H2,1H3. The predicted octanol–water partition coefficient (Wildman–Crippen LogP) is 2.52. The van der Waals surface area contributed by atoms with E-state index in [0.717, 1.165) is 30.5 Å². The van der Waals surface area contributed by atoms with E-state index in [1.165, 1.54) is 32.4 Å². The van der Waals surface area contributed by atoms with Gasteiger partial charge < -0.3 is 15.2 Å². The monoisotopic (exact) mass is 292 g/mol. The lowest BCUT2D eigenvalue weighted by Crippen LogP contribution is -2.36. The van der Waals surface area contributed by atoms with Crippen molar-refractivity contribution in [1.29, 1.82) is 0 Å². The SMILES string of the molecule is CCOc1ccccc1OCCN1CCC(CCN)CC1. The molecule has 4 heteroatoms. The van der Waals surface area contributed by atoms with Gasteiger partial charge in [0.2, 0.25) is 0 Å². The van der Waals surface area contributed by atoms with E-state index in [-0.39, 0.29) is 0 Å². The Hall–Kier alpha value is -1.26. The number of nitrogens with two attached hydrogens (primary N) is 1. The minimum atomic E-state index is 0.662. The van der Waals surface area contributed by atoms with E-state index in [1.807, 2.05) is 31.2 Å². The Labute approximate surface area is 128 Å². The van der Waals surface area contributed by atoms with Crippen molar-refractivity contribution < 1.29 is 9.47 Å². The Balaban J connectivity index is 1.70. The van der Waals surface area contributed by atoms with Gasteiger partial charge >= 0.3 is 0 Å². The largest absolute Gasteiger partial charge is 0.490 e. The molecule has 1 aromatic rings. The van der Waals surface area contributed by atoms with Crippen LogP contribution in [0.3, 0.4) is 0 Å². The maximum absolute atomic E-state index is 5.88. The van der Waals surface area contributed by atoms with Crippen molar-refractivity contribution in [3.63, 3.8) is 0 Å². The summed E-state index contributed by atoms with van der Waals surface area (Å²) >= 11 is 0. The van der Waals surface area contributed by atoms with Gasteiger partial charge in [0.25, 0.3) is 0 Å². The molecule has 0 spiro atoms. The van der Waals surface area contributed by atoms with Crippen LogP contribution in [0.25, 0.3) is 0 Å². The van der Waals surface area contributed by atoms with Crippen LogP contribution in [0.1, 0.15) is 26.2 Å². The van der Waals surface area contributed by atoms with E-state index in [9.17, 15) is 0 Å². The fraction of sp³-hybridized carbons (Fsp3) is 0.647. The number of hydrogen-bond acceptors (Lipinski definition) is 4. The lowest BCUT2D eigenvalue weighted by molar-refractivity contribution is 0.150. The van der Waals surface area contributed by atoms with Crippen molar-refractivity contribution in [2.75, 3.05) is 39.4 Å². The van der Waals surface area contributed by atoms with Gasteiger partial charge in [-0.05, 0) is 63.9 Å². The molecule has 0 aromatic heterocycles. The second-order valence-electron chi connectivity index (χ2n) is 5.59. The van der Waals surface area contributed by atoms with Gasteiger partial charge in [-0.15, -0.1) is 0 Å². The van der Waals surface area contributed by atoms with Gasteiger partial charge in [-0.3, -0.25) is 4.90 Å². The molecule has 21 heavy (non-hydrogen) atoms. The Morgan fingerprint density at radius 2 is 1.81 bits per heavy atom. The molecule has 0 bridgehead atoms. The number of piperidine rings is 1. The Kier molecular flexibility index (Phi) is 6.83. The first kappa shape index (κ1) is 16.1. The van der Waals surface area contributed by atoms with Gasteiger partial charge in [0.05, 0.1) is 6.61 Å². The Bertz CT molecular complexity index is 404.